The van der Waals surface area contributed by atoms with Crippen LogP contribution in [0.1, 0.15) is 12.8 Å². The van der Waals surface area contributed by atoms with Crippen molar-refractivity contribution in [3.05, 3.63) is 24.3 Å². The minimum atomic E-state index is 0.242. The summed E-state index contributed by atoms with van der Waals surface area (Å²) in [5.74, 6) is 0.957. The molecule has 0 atom stereocenters. The van der Waals surface area contributed by atoms with Crippen molar-refractivity contribution in [1.29, 1.82) is 0 Å². The van der Waals surface area contributed by atoms with Gasteiger partial charge in [0.1, 0.15) is 11.5 Å². The molecule has 0 unspecified atom stereocenters. The zero-order chi connectivity index (χ0) is 11.2. The number of piperidine rings is 1. The van der Waals surface area contributed by atoms with Crippen molar-refractivity contribution < 1.29 is 14.6 Å². The zero-order valence-corrected chi connectivity index (χ0v) is 9.19. The summed E-state index contributed by atoms with van der Waals surface area (Å²) in [6.45, 7) is 2.31. The number of phenols is 1. The van der Waals surface area contributed by atoms with Crippen LogP contribution in [0.15, 0.2) is 24.3 Å². The molecule has 0 saturated carbocycles. The van der Waals surface area contributed by atoms with Crippen molar-refractivity contribution in [3.8, 4) is 11.5 Å². The van der Waals surface area contributed by atoms with E-state index in [0.29, 0.717) is 11.9 Å². The van der Waals surface area contributed by atoms with Crippen LogP contribution in [0.3, 0.4) is 0 Å². The van der Waals surface area contributed by atoms with Gasteiger partial charge in [0.05, 0.1) is 6.10 Å². The van der Waals surface area contributed by atoms with Gasteiger partial charge in [-0.1, -0.05) is 0 Å². The van der Waals surface area contributed by atoms with Gasteiger partial charge in [-0.15, -0.1) is 0 Å². The van der Waals surface area contributed by atoms with Gasteiger partial charge in [-0.25, -0.2) is 0 Å². The van der Waals surface area contributed by atoms with E-state index in [0.717, 1.165) is 25.9 Å². The number of hydrogen-bond acceptors (Lipinski definition) is 4. The molecule has 0 amide bonds. The number of nitrogens with one attached hydrogen (secondary N) is 1. The lowest BCUT2D eigenvalue weighted by atomic mass is 10.1. The Bertz CT molecular complexity index is 307. The maximum absolute atomic E-state index is 9.09. The van der Waals surface area contributed by atoms with E-state index < -0.39 is 0 Å². The predicted molar refractivity (Wildman–Crippen MR) is 60.6 cm³/mol. The van der Waals surface area contributed by atoms with Gasteiger partial charge in [0.25, 0.3) is 0 Å². The van der Waals surface area contributed by atoms with Crippen LogP contribution in [-0.2, 0) is 4.74 Å². The van der Waals surface area contributed by atoms with Crippen molar-refractivity contribution in [2.45, 2.75) is 18.9 Å². The van der Waals surface area contributed by atoms with E-state index in [1.807, 2.05) is 0 Å². The molecular formula is C12H17NO3. The van der Waals surface area contributed by atoms with Crippen LogP contribution in [-0.4, -0.2) is 31.1 Å². The molecule has 4 nitrogen and oxygen atoms in total. The van der Waals surface area contributed by atoms with E-state index >= 15 is 0 Å². The highest BCUT2D eigenvalue weighted by Gasteiger charge is 2.12. The highest BCUT2D eigenvalue weighted by atomic mass is 16.7. The first-order valence-electron chi connectivity index (χ1n) is 5.59. The third-order valence-electron chi connectivity index (χ3n) is 2.65. The standard InChI is InChI=1S/C12H17NO3/c14-10-1-3-11(4-2-10)15-9-16-12-5-7-13-8-6-12/h1-4,12-14H,5-9H2. The van der Waals surface area contributed by atoms with Gasteiger partial charge in [0, 0.05) is 0 Å². The van der Waals surface area contributed by atoms with Crippen molar-refractivity contribution in [3.63, 3.8) is 0 Å². The lowest BCUT2D eigenvalue weighted by Gasteiger charge is -2.22. The maximum Gasteiger partial charge on any atom is 0.189 e. The number of phenolic OH excluding ortho intramolecular Hbond substituents is 1. The summed E-state index contributed by atoms with van der Waals surface area (Å²) in [7, 11) is 0. The van der Waals surface area contributed by atoms with Crippen molar-refractivity contribution in [1.82, 2.24) is 5.32 Å². The molecule has 2 N–H and O–H groups in total. The highest BCUT2D eigenvalue weighted by molar-refractivity contribution is 5.29. The fraction of sp³-hybridized carbons (Fsp3) is 0.500. The quantitative estimate of drug-likeness (QED) is 0.759. The van der Waals surface area contributed by atoms with Crippen LogP contribution in [0.25, 0.3) is 0 Å². The second-order valence-electron chi connectivity index (χ2n) is 3.87. The summed E-state index contributed by atoms with van der Waals surface area (Å²) in [5.41, 5.74) is 0. The summed E-state index contributed by atoms with van der Waals surface area (Å²) < 4.78 is 11.0. The first-order valence-corrected chi connectivity index (χ1v) is 5.59. The third kappa shape index (κ3) is 3.40. The lowest BCUT2D eigenvalue weighted by molar-refractivity contribution is -0.0469. The van der Waals surface area contributed by atoms with Crippen LogP contribution in [0.4, 0.5) is 0 Å². The van der Waals surface area contributed by atoms with E-state index in [4.69, 9.17) is 14.6 Å². The largest absolute Gasteiger partial charge is 0.508 e. The molecule has 1 aromatic rings. The Morgan fingerprint density at radius 2 is 1.88 bits per heavy atom. The van der Waals surface area contributed by atoms with E-state index in [1.54, 1.807) is 24.3 Å². The number of hydrogen-bond donors (Lipinski definition) is 2. The van der Waals surface area contributed by atoms with Crippen LogP contribution in [0, 0.1) is 0 Å². The second-order valence-corrected chi connectivity index (χ2v) is 3.87. The van der Waals surface area contributed by atoms with Crippen LogP contribution in [0.2, 0.25) is 0 Å². The Labute approximate surface area is 95.2 Å². The Balaban J connectivity index is 1.69. The molecule has 0 aromatic heterocycles. The average molecular weight is 223 g/mol. The van der Waals surface area contributed by atoms with Gasteiger partial charge in [-0.05, 0) is 50.2 Å². The molecule has 0 aliphatic carbocycles. The number of benzene rings is 1. The maximum atomic E-state index is 9.09. The number of aromatic hydroxyl groups is 1. The first-order chi connectivity index (χ1) is 7.84. The normalized spacial score (nSPS) is 17.2. The molecule has 1 aliphatic heterocycles. The molecule has 1 aromatic carbocycles. The van der Waals surface area contributed by atoms with Crippen molar-refractivity contribution in [2.75, 3.05) is 19.9 Å². The molecule has 16 heavy (non-hydrogen) atoms. The number of ether oxygens (including phenoxy) is 2. The van der Waals surface area contributed by atoms with E-state index in [9.17, 15) is 0 Å². The molecule has 1 fully saturated rings. The fourth-order valence-electron chi connectivity index (χ4n) is 1.70. The summed E-state index contributed by atoms with van der Waals surface area (Å²) in [5, 5.41) is 12.4. The topological polar surface area (TPSA) is 50.7 Å². The summed E-state index contributed by atoms with van der Waals surface area (Å²) in [6, 6.07) is 6.64. The van der Waals surface area contributed by atoms with Gasteiger partial charge in [-0.2, -0.15) is 0 Å². The molecule has 4 heteroatoms. The minimum absolute atomic E-state index is 0.242. The minimum Gasteiger partial charge on any atom is -0.508 e. The monoisotopic (exact) mass is 223 g/mol. The van der Waals surface area contributed by atoms with Gasteiger partial charge in [0.2, 0.25) is 0 Å². The van der Waals surface area contributed by atoms with E-state index in [-0.39, 0.29) is 12.5 Å². The van der Waals surface area contributed by atoms with E-state index in [2.05, 4.69) is 5.32 Å². The first kappa shape index (κ1) is 11.2. The third-order valence-corrected chi connectivity index (χ3v) is 2.65. The Hall–Kier alpha value is -1.26. The molecule has 0 bridgehead atoms. The molecule has 88 valence electrons. The zero-order valence-electron chi connectivity index (χ0n) is 9.19. The summed E-state index contributed by atoms with van der Waals surface area (Å²) in [4.78, 5) is 0. The van der Waals surface area contributed by atoms with Crippen molar-refractivity contribution in [2.24, 2.45) is 0 Å². The Kier molecular flexibility index (Phi) is 4.02. The number of rotatable bonds is 4. The molecule has 0 spiro atoms. The molecule has 1 saturated heterocycles. The summed E-state index contributed by atoms with van der Waals surface area (Å²) >= 11 is 0. The average Bonchev–Trinajstić information content (AvgIpc) is 2.33. The fourth-order valence-corrected chi connectivity index (χ4v) is 1.70. The Morgan fingerprint density at radius 3 is 2.56 bits per heavy atom. The van der Waals surface area contributed by atoms with E-state index in [1.165, 1.54) is 0 Å². The SMILES string of the molecule is Oc1ccc(OCOC2CCNCC2)cc1. The molecule has 0 radical (unpaired) electrons. The molecule has 1 heterocycles. The summed E-state index contributed by atoms with van der Waals surface area (Å²) in [6.07, 6.45) is 2.39. The smallest absolute Gasteiger partial charge is 0.189 e. The van der Waals surface area contributed by atoms with Crippen LogP contribution in [0.5, 0.6) is 11.5 Å². The molecular weight excluding hydrogens is 206 g/mol. The van der Waals surface area contributed by atoms with Crippen molar-refractivity contribution >= 4 is 0 Å². The lowest BCUT2D eigenvalue weighted by Crippen LogP contribution is -2.33. The molecule has 2 rings (SSSR count). The van der Waals surface area contributed by atoms with Crippen LogP contribution >= 0.6 is 0 Å². The Morgan fingerprint density at radius 1 is 1.19 bits per heavy atom. The van der Waals surface area contributed by atoms with Gasteiger partial charge in [0.15, 0.2) is 6.79 Å². The highest BCUT2D eigenvalue weighted by Crippen LogP contribution is 2.16. The second kappa shape index (κ2) is 5.72. The van der Waals surface area contributed by atoms with Crippen LogP contribution < -0.4 is 10.1 Å². The molecule has 1 aliphatic rings. The van der Waals surface area contributed by atoms with Gasteiger partial charge >= 0.3 is 0 Å². The predicted octanol–water partition coefficient (Wildman–Crippen LogP) is 1.50. The van der Waals surface area contributed by atoms with Gasteiger partial charge < -0.3 is 19.9 Å². The van der Waals surface area contributed by atoms with Gasteiger partial charge in [-0.3, -0.25) is 0 Å².